The van der Waals surface area contributed by atoms with Crippen molar-refractivity contribution in [1.29, 1.82) is 0 Å². The van der Waals surface area contributed by atoms with Crippen molar-refractivity contribution in [3.8, 4) is 5.75 Å². The predicted octanol–water partition coefficient (Wildman–Crippen LogP) is 4.37. The number of ether oxygens (including phenoxy) is 1. The van der Waals surface area contributed by atoms with Gasteiger partial charge in [0.2, 0.25) is 0 Å². The maximum atomic E-state index is 13.5. The highest BCUT2D eigenvalue weighted by atomic mass is 19.1. The summed E-state index contributed by atoms with van der Waals surface area (Å²) in [6.07, 6.45) is 8.76. The third-order valence-corrected chi connectivity index (χ3v) is 3.63. The van der Waals surface area contributed by atoms with Gasteiger partial charge in [0.15, 0.2) is 0 Å². The Bertz CT molecular complexity index is 458. The molecule has 0 radical (unpaired) electrons. The van der Waals surface area contributed by atoms with Crippen molar-refractivity contribution in [3.63, 3.8) is 0 Å². The van der Waals surface area contributed by atoms with Gasteiger partial charge in [0.05, 0.1) is 0 Å². The molecular weight excluding hydrogens is 253 g/mol. The van der Waals surface area contributed by atoms with Crippen molar-refractivity contribution in [1.82, 2.24) is 5.32 Å². The second-order valence-electron chi connectivity index (χ2n) is 5.37. The Morgan fingerprint density at radius 2 is 2.30 bits per heavy atom. The number of benzene rings is 1. The number of rotatable bonds is 6. The quantitative estimate of drug-likeness (QED) is 0.779. The molecular formula is C17H24FNO. The Balaban J connectivity index is 2.14. The summed E-state index contributed by atoms with van der Waals surface area (Å²) in [7, 11) is 0. The van der Waals surface area contributed by atoms with Crippen molar-refractivity contribution >= 4 is 0 Å². The molecule has 0 heterocycles. The summed E-state index contributed by atoms with van der Waals surface area (Å²) in [6.45, 7) is 5.09. The summed E-state index contributed by atoms with van der Waals surface area (Å²) < 4.78 is 19.6. The molecule has 0 fully saturated rings. The molecule has 1 aliphatic rings. The van der Waals surface area contributed by atoms with E-state index in [1.54, 1.807) is 12.1 Å². The van der Waals surface area contributed by atoms with Crippen LogP contribution in [0.15, 0.2) is 30.4 Å². The molecule has 0 saturated carbocycles. The minimum absolute atomic E-state index is 0.0909. The molecule has 3 heteroatoms. The van der Waals surface area contributed by atoms with E-state index in [1.807, 2.05) is 6.92 Å². The molecule has 1 aromatic rings. The lowest BCUT2D eigenvalue weighted by molar-refractivity contribution is 0.225. The molecule has 2 atom stereocenters. The first kappa shape index (κ1) is 15.0. The van der Waals surface area contributed by atoms with Gasteiger partial charge in [-0.3, -0.25) is 0 Å². The molecule has 1 aliphatic carbocycles. The monoisotopic (exact) mass is 277 g/mol. The molecule has 0 bridgehead atoms. The Morgan fingerprint density at radius 3 is 3.00 bits per heavy atom. The topological polar surface area (TPSA) is 21.3 Å². The third kappa shape index (κ3) is 4.07. The van der Waals surface area contributed by atoms with E-state index >= 15 is 0 Å². The molecule has 0 saturated heterocycles. The van der Waals surface area contributed by atoms with Crippen LogP contribution in [0, 0.1) is 5.82 Å². The van der Waals surface area contributed by atoms with Crippen molar-refractivity contribution < 1.29 is 9.13 Å². The summed E-state index contributed by atoms with van der Waals surface area (Å²) in [5.41, 5.74) is 0.900. The smallest absolute Gasteiger partial charge is 0.125 e. The summed E-state index contributed by atoms with van der Waals surface area (Å²) in [5, 5.41) is 3.39. The van der Waals surface area contributed by atoms with Crippen LogP contribution in [-0.4, -0.2) is 12.6 Å². The average molecular weight is 277 g/mol. The molecule has 110 valence electrons. The number of halogens is 1. The van der Waals surface area contributed by atoms with Gasteiger partial charge in [0.25, 0.3) is 0 Å². The maximum Gasteiger partial charge on any atom is 0.125 e. The van der Waals surface area contributed by atoms with E-state index in [1.165, 1.54) is 6.07 Å². The highest BCUT2D eigenvalue weighted by Crippen LogP contribution is 2.28. The van der Waals surface area contributed by atoms with Gasteiger partial charge in [-0.15, -0.1) is 0 Å². The van der Waals surface area contributed by atoms with Crippen LogP contribution in [0.2, 0.25) is 0 Å². The van der Waals surface area contributed by atoms with E-state index in [2.05, 4.69) is 24.4 Å². The zero-order valence-electron chi connectivity index (χ0n) is 12.4. The minimum Gasteiger partial charge on any atom is -0.486 e. The zero-order chi connectivity index (χ0) is 14.4. The molecule has 2 nitrogen and oxygen atoms in total. The van der Waals surface area contributed by atoms with Gasteiger partial charge < -0.3 is 10.1 Å². The van der Waals surface area contributed by atoms with Crippen LogP contribution in [0.3, 0.4) is 0 Å². The van der Waals surface area contributed by atoms with Gasteiger partial charge in [0.1, 0.15) is 17.7 Å². The largest absolute Gasteiger partial charge is 0.486 e. The first-order chi connectivity index (χ1) is 9.70. The second-order valence-corrected chi connectivity index (χ2v) is 5.37. The zero-order valence-corrected chi connectivity index (χ0v) is 12.4. The molecule has 0 aliphatic heterocycles. The number of hydrogen-bond donors (Lipinski definition) is 1. The average Bonchev–Trinajstić information content (AvgIpc) is 2.47. The van der Waals surface area contributed by atoms with Gasteiger partial charge >= 0.3 is 0 Å². The van der Waals surface area contributed by atoms with E-state index in [4.69, 9.17) is 4.74 Å². The Labute approximate surface area is 121 Å². The highest BCUT2D eigenvalue weighted by molar-refractivity contribution is 5.36. The van der Waals surface area contributed by atoms with Gasteiger partial charge in [-0.25, -0.2) is 4.39 Å². The molecule has 0 aromatic heterocycles. The fourth-order valence-corrected chi connectivity index (χ4v) is 2.48. The van der Waals surface area contributed by atoms with E-state index < -0.39 is 0 Å². The third-order valence-electron chi connectivity index (χ3n) is 3.63. The molecule has 2 rings (SSSR count). The summed E-state index contributed by atoms with van der Waals surface area (Å²) >= 11 is 0. The van der Waals surface area contributed by atoms with Crippen LogP contribution in [0.5, 0.6) is 5.75 Å². The van der Waals surface area contributed by atoms with Gasteiger partial charge in [-0.05, 0) is 63.4 Å². The Kier molecular flexibility index (Phi) is 5.60. The molecule has 2 unspecified atom stereocenters. The number of allylic oxidation sites excluding steroid dienone is 1. The number of nitrogens with one attached hydrogen (secondary N) is 1. The lowest BCUT2D eigenvalue weighted by Gasteiger charge is -2.23. The first-order valence-corrected chi connectivity index (χ1v) is 7.57. The normalized spacial score (nSPS) is 19.9. The summed E-state index contributed by atoms with van der Waals surface area (Å²) in [5.74, 6) is 0.579. The lowest BCUT2D eigenvalue weighted by Crippen LogP contribution is -2.22. The van der Waals surface area contributed by atoms with Crippen LogP contribution >= 0.6 is 0 Å². The van der Waals surface area contributed by atoms with E-state index in [0.717, 1.165) is 43.5 Å². The number of hydrogen-bond acceptors (Lipinski definition) is 2. The molecule has 1 aromatic carbocycles. The van der Waals surface area contributed by atoms with E-state index in [-0.39, 0.29) is 18.0 Å². The van der Waals surface area contributed by atoms with Gasteiger partial charge in [-0.1, -0.05) is 13.0 Å². The minimum atomic E-state index is -0.211. The van der Waals surface area contributed by atoms with E-state index in [9.17, 15) is 4.39 Å². The SMILES string of the molecule is CCCNC(C)c1cc(F)ccc1OC1C=CCCC1. The van der Waals surface area contributed by atoms with Crippen molar-refractivity contribution in [2.75, 3.05) is 6.54 Å². The summed E-state index contributed by atoms with van der Waals surface area (Å²) in [6, 6.07) is 4.89. The molecule has 0 spiro atoms. The fraction of sp³-hybridized carbons (Fsp3) is 0.529. The van der Waals surface area contributed by atoms with Crippen LogP contribution in [0.25, 0.3) is 0 Å². The van der Waals surface area contributed by atoms with Crippen molar-refractivity contribution in [3.05, 3.63) is 41.7 Å². The fourth-order valence-electron chi connectivity index (χ4n) is 2.48. The second kappa shape index (κ2) is 7.44. The van der Waals surface area contributed by atoms with Crippen molar-refractivity contribution in [2.45, 2.75) is 51.7 Å². The molecule has 1 N–H and O–H groups in total. The highest BCUT2D eigenvalue weighted by Gasteiger charge is 2.16. The Hall–Kier alpha value is -1.35. The lowest BCUT2D eigenvalue weighted by atomic mass is 10.0. The van der Waals surface area contributed by atoms with Crippen molar-refractivity contribution in [2.24, 2.45) is 0 Å². The molecule has 20 heavy (non-hydrogen) atoms. The van der Waals surface area contributed by atoms with Gasteiger partial charge in [-0.2, -0.15) is 0 Å². The molecule has 0 amide bonds. The Morgan fingerprint density at radius 1 is 1.45 bits per heavy atom. The maximum absolute atomic E-state index is 13.5. The van der Waals surface area contributed by atoms with Crippen LogP contribution in [-0.2, 0) is 0 Å². The predicted molar refractivity (Wildman–Crippen MR) is 80.5 cm³/mol. The van der Waals surface area contributed by atoms with Crippen LogP contribution in [0.1, 0.15) is 51.1 Å². The first-order valence-electron chi connectivity index (χ1n) is 7.57. The van der Waals surface area contributed by atoms with Crippen LogP contribution in [0.4, 0.5) is 4.39 Å². The van der Waals surface area contributed by atoms with Gasteiger partial charge in [0, 0.05) is 11.6 Å². The van der Waals surface area contributed by atoms with Crippen LogP contribution < -0.4 is 10.1 Å². The van der Waals surface area contributed by atoms with E-state index in [0.29, 0.717) is 0 Å². The standard InChI is InChI=1S/C17H24FNO/c1-3-11-19-13(2)16-12-14(18)9-10-17(16)20-15-7-5-4-6-8-15/h5,7,9-10,12-13,15,19H,3-4,6,8,11H2,1-2H3. The summed E-state index contributed by atoms with van der Waals surface area (Å²) in [4.78, 5) is 0.